The van der Waals surface area contributed by atoms with Crippen molar-refractivity contribution < 1.29 is 18.8 Å². The van der Waals surface area contributed by atoms with Crippen molar-refractivity contribution in [3.05, 3.63) is 24.1 Å². The molecule has 7 heteroatoms. The summed E-state index contributed by atoms with van der Waals surface area (Å²) >= 11 is 0. The molecule has 1 aliphatic rings. The van der Waals surface area contributed by atoms with Crippen molar-refractivity contribution >= 4 is 5.91 Å². The average molecular weight is 345 g/mol. The molecule has 0 N–H and O–H groups in total. The maximum atomic E-state index is 11.9. The Balaban J connectivity index is 1.85. The largest absolute Gasteiger partial charge is 0.493 e. The van der Waals surface area contributed by atoms with Gasteiger partial charge in [-0.2, -0.15) is 4.98 Å². The number of methoxy groups -OCH3 is 1. The predicted molar refractivity (Wildman–Crippen MR) is 91.4 cm³/mol. The lowest BCUT2D eigenvalue weighted by Crippen LogP contribution is -2.34. The molecule has 2 aromatic rings. The molecule has 1 fully saturated rings. The summed E-state index contributed by atoms with van der Waals surface area (Å²) in [4.78, 5) is 18.0. The van der Waals surface area contributed by atoms with Gasteiger partial charge in [0.25, 0.3) is 0 Å². The highest BCUT2D eigenvalue weighted by Crippen LogP contribution is 2.34. The van der Waals surface area contributed by atoms with Crippen LogP contribution in [0.2, 0.25) is 0 Å². The van der Waals surface area contributed by atoms with Gasteiger partial charge in [0.05, 0.1) is 13.2 Å². The third kappa shape index (κ3) is 3.60. The Labute approximate surface area is 146 Å². The Morgan fingerprint density at radius 3 is 2.84 bits per heavy atom. The number of benzene rings is 1. The molecule has 2 heterocycles. The molecule has 0 saturated carbocycles. The summed E-state index contributed by atoms with van der Waals surface area (Å²) in [6.45, 7) is 3.92. The quantitative estimate of drug-likeness (QED) is 0.828. The number of ether oxygens (including phenoxy) is 2. The van der Waals surface area contributed by atoms with Gasteiger partial charge in [0, 0.05) is 19.0 Å². The fraction of sp³-hybridized carbons (Fsp3) is 0.500. The fourth-order valence-electron chi connectivity index (χ4n) is 2.93. The van der Waals surface area contributed by atoms with Gasteiger partial charge < -0.3 is 18.9 Å². The van der Waals surface area contributed by atoms with E-state index in [1.54, 1.807) is 19.1 Å². The van der Waals surface area contributed by atoms with E-state index < -0.39 is 0 Å². The van der Waals surface area contributed by atoms with Crippen LogP contribution >= 0.6 is 0 Å². The molecule has 1 aliphatic heterocycles. The summed E-state index contributed by atoms with van der Waals surface area (Å²) < 4.78 is 16.5. The second-order valence-electron chi connectivity index (χ2n) is 6.40. The van der Waals surface area contributed by atoms with Crippen LogP contribution < -0.4 is 9.47 Å². The van der Waals surface area contributed by atoms with E-state index >= 15 is 0 Å². The average Bonchev–Trinajstić information content (AvgIpc) is 3.07. The zero-order chi connectivity index (χ0) is 18.0. The topological polar surface area (TPSA) is 77.7 Å². The van der Waals surface area contributed by atoms with Crippen molar-refractivity contribution in [1.29, 1.82) is 0 Å². The van der Waals surface area contributed by atoms with Crippen molar-refractivity contribution in [2.45, 2.75) is 45.3 Å². The second kappa shape index (κ2) is 7.13. The molecule has 1 atom stereocenters. The molecule has 0 radical (unpaired) electrons. The van der Waals surface area contributed by atoms with Crippen molar-refractivity contribution in [2.75, 3.05) is 14.2 Å². The van der Waals surface area contributed by atoms with Crippen LogP contribution in [-0.2, 0) is 4.79 Å². The van der Waals surface area contributed by atoms with Crippen molar-refractivity contribution in [3.8, 4) is 22.9 Å². The van der Waals surface area contributed by atoms with Crippen LogP contribution in [0.5, 0.6) is 11.5 Å². The number of hydrogen-bond donors (Lipinski definition) is 0. The van der Waals surface area contributed by atoms with Crippen molar-refractivity contribution in [2.24, 2.45) is 0 Å². The first-order valence-electron chi connectivity index (χ1n) is 8.44. The third-order valence-corrected chi connectivity index (χ3v) is 4.24. The molecule has 0 spiro atoms. The Bertz CT molecular complexity index is 757. The first-order chi connectivity index (χ1) is 12.0. The van der Waals surface area contributed by atoms with Gasteiger partial charge in [0.2, 0.25) is 17.6 Å². The fourth-order valence-corrected chi connectivity index (χ4v) is 2.93. The SMILES string of the molecule is COc1cc(-c2noc(C3CCCC(=O)N3C)n2)ccc1OC(C)C. The van der Waals surface area contributed by atoms with Gasteiger partial charge in [-0.1, -0.05) is 5.16 Å². The zero-order valence-corrected chi connectivity index (χ0v) is 15.0. The van der Waals surface area contributed by atoms with E-state index in [1.165, 1.54) is 0 Å². The maximum absolute atomic E-state index is 11.9. The summed E-state index contributed by atoms with van der Waals surface area (Å²) in [5.41, 5.74) is 0.771. The minimum absolute atomic E-state index is 0.0518. The number of carbonyl (C=O) groups is 1. The monoisotopic (exact) mass is 345 g/mol. The lowest BCUT2D eigenvalue weighted by molar-refractivity contribution is -0.135. The molecule has 1 saturated heterocycles. The number of piperidine rings is 1. The van der Waals surface area contributed by atoms with Gasteiger partial charge in [0.1, 0.15) is 6.04 Å². The molecular formula is C18H23N3O4. The van der Waals surface area contributed by atoms with Gasteiger partial charge in [-0.25, -0.2) is 0 Å². The number of rotatable bonds is 5. The highest BCUT2D eigenvalue weighted by Gasteiger charge is 2.30. The Kier molecular flexibility index (Phi) is 4.92. The summed E-state index contributed by atoms with van der Waals surface area (Å²) in [7, 11) is 3.37. The molecule has 7 nitrogen and oxygen atoms in total. The molecule has 1 aromatic heterocycles. The first kappa shape index (κ1) is 17.3. The maximum Gasteiger partial charge on any atom is 0.249 e. The third-order valence-electron chi connectivity index (χ3n) is 4.24. The zero-order valence-electron chi connectivity index (χ0n) is 15.0. The number of carbonyl (C=O) groups excluding carboxylic acids is 1. The van der Waals surface area contributed by atoms with Gasteiger partial charge >= 0.3 is 0 Å². The van der Waals surface area contributed by atoms with Crippen LogP contribution in [-0.4, -0.2) is 41.2 Å². The summed E-state index contributed by atoms with van der Waals surface area (Å²) in [6.07, 6.45) is 2.29. The molecule has 1 unspecified atom stereocenters. The normalized spacial score (nSPS) is 17.9. The molecule has 3 rings (SSSR count). The molecule has 25 heavy (non-hydrogen) atoms. The smallest absolute Gasteiger partial charge is 0.249 e. The number of nitrogens with zero attached hydrogens (tertiary/aromatic N) is 3. The Hall–Kier alpha value is -2.57. The Morgan fingerprint density at radius 2 is 2.12 bits per heavy atom. The van der Waals surface area contributed by atoms with Gasteiger partial charge in [0.15, 0.2) is 11.5 Å². The van der Waals surface area contributed by atoms with Crippen molar-refractivity contribution in [3.63, 3.8) is 0 Å². The van der Waals surface area contributed by atoms with E-state index in [-0.39, 0.29) is 18.1 Å². The standard InChI is InChI=1S/C18H23N3O4/c1-11(2)24-14-9-8-12(10-15(14)23-4)17-19-18(25-20-17)13-6-5-7-16(22)21(13)3/h8-11,13H,5-7H2,1-4H3. The van der Waals surface area contributed by atoms with E-state index in [0.29, 0.717) is 29.6 Å². The van der Waals surface area contributed by atoms with Crippen molar-refractivity contribution in [1.82, 2.24) is 15.0 Å². The van der Waals surface area contributed by atoms with E-state index in [4.69, 9.17) is 14.0 Å². The van der Waals surface area contributed by atoms with Crippen LogP contribution in [0, 0.1) is 0 Å². The number of likely N-dealkylation sites (tertiary alicyclic amines) is 1. The van der Waals surface area contributed by atoms with Gasteiger partial charge in [-0.15, -0.1) is 0 Å². The minimum Gasteiger partial charge on any atom is -0.493 e. The molecule has 1 aromatic carbocycles. The summed E-state index contributed by atoms with van der Waals surface area (Å²) in [5, 5.41) is 4.07. The number of aromatic nitrogens is 2. The van der Waals surface area contributed by atoms with E-state index in [0.717, 1.165) is 18.4 Å². The van der Waals surface area contributed by atoms with Crippen LogP contribution in [0.1, 0.15) is 45.0 Å². The number of hydrogen-bond acceptors (Lipinski definition) is 6. The van der Waals surface area contributed by atoms with Crippen LogP contribution in [0.15, 0.2) is 22.7 Å². The van der Waals surface area contributed by atoms with E-state index in [1.807, 2.05) is 32.0 Å². The summed E-state index contributed by atoms with van der Waals surface area (Å²) in [5.74, 6) is 2.32. The summed E-state index contributed by atoms with van der Waals surface area (Å²) in [6, 6.07) is 5.36. The van der Waals surface area contributed by atoms with Crippen LogP contribution in [0.3, 0.4) is 0 Å². The molecule has 0 aliphatic carbocycles. The lowest BCUT2D eigenvalue weighted by atomic mass is 10.0. The van der Waals surface area contributed by atoms with Crippen LogP contribution in [0.4, 0.5) is 0 Å². The molecule has 1 amide bonds. The number of amides is 1. The predicted octanol–water partition coefficient (Wildman–Crippen LogP) is 3.22. The highest BCUT2D eigenvalue weighted by molar-refractivity contribution is 5.77. The Morgan fingerprint density at radius 1 is 1.32 bits per heavy atom. The van der Waals surface area contributed by atoms with Crippen LogP contribution in [0.25, 0.3) is 11.4 Å². The molecule has 134 valence electrons. The van der Waals surface area contributed by atoms with Gasteiger partial charge in [-0.05, 0) is 44.9 Å². The minimum atomic E-state index is -0.159. The van der Waals surface area contributed by atoms with E-state index in [9.17, 15) is 4.79 Å². The van der Waals surface area contributed by atoms with Gasteiger partial charge in [-0.3, -0.25) is 4.79 Å². The molecular weight excluding hydrogens is 322 g/mol. The second-order valence-corrected chi connectivity index (χ2v) is 6.40. The lowest BCUT2D eigenvalue weighted by Gasteiger charge is -2.29. The highest BCUT2D eigenvalue weighted by atomic mass is 16.5. The first-order valence-corrected chi connectivity index (χ1v) is 8.44. The van der Waals surface area contributed by atoms with E-state index in [2.05, 4.69) is 10.1 Å². The molecule has 0 bridgehead atoms.